The van der Waals surface area contributed by atoms with Crippen molar-refractivity contribution in [2.75, 3.05) is 32.1 Å². The SMILES string of the molecule is CCOc1ccccc1[C@H]1[C@H]2CCCC[C@]2(O)CCN1CC(=O)Nc1sc2c(c1C(=O)OC)CCCC2. The van der Waals surface area contributed by atoms with Crippen molar-refractivity contribution < 1.29 is 24.2 Å². The highest BCUT2D eigenvalue weighted by Crippen LogP contribution is 2.50. The number of benzene rings is 1. The Morgan fingerprint density at radius 3 is 2.78 bits per heavy atom. The number of thiophene rings is 1. The van der Waals surface area contributed by atoms with Crippen LogP contribution in [0.4, 0.5) is 5.00 Å². The zero-order valence-corrected chi connectivity index (χ0v) is 22.7. The number of rotatable bonds is 7. The van der Waals surface area contributed by atoms with Crippen LogP contribution >= 0.6 is 11.3 Å². The predicted molar refractivity (Wildman–Crippen MR) is 144 cm³/mol. The average molecular weight is 527 g/mol. The van der Waals surface area contributed by atoms with Crippen LogP contribution < -0.4 is 10.1 Å². The van der Waals surface area contributed by atoms with E-state index in [4.69, 9.17) is 9.47 Å². The number of ether oxygens (including phenoxy) is 2. The number of esters is 1. The molecule has 1 aromatic heterocycles. The van der Waals surface area contributed by atoms with Crippen LogP contribution in [0.25, 0.3) is 0 Å². The standard InChI is InChI=1S/C29H38N2O5S/c1-3-36-22-13-6-4-10-19(22)26-21-12-8-9-15-29(21,34)16-17-31(26)18-24(32)30-27-25(28(33)35-2)20-11-5-7-14-23(20)37-27/h4,6,10,13,21,26,34H,3,5,7-9,11-12,14-18H2,1-2H3,(H,30,32)/t21-,26+,29+/m1/s1. The Balaban J connectivity index is 1.43. The van der Waals surface area contributed by atoms with E-state index < -0.39 is 5.60 Å². The average Bonchev–Trinajstić information content (AvgIpc) is 3.26. The summed E-state index contributed by atoms with van der Waals surface area (Å²) in [5.74, 6) is 0.311. The smallest absolute Gasteiger partial charge is 0.341 e. The molecule has 3 atom stereocenters. The molecule has 2 N–H and O–H groups in total. The fraction of sp³-hybridized carbons (Fsp3) is 0.586. The van der Waals surface area contributed by atoms with Gasteiger partial charge in [0.2, 0.25) is 5.91 Å². The van der Waals surface area contributed by atoms with Gasteiger partial charge in [0, 0.05) is 28.9 Å². The van der Waals surface area contributed by atoms with E-state index in [9.17, 15) is 14.7 Å². The number of para-hydroxylation sites is 1. The summed E-state index contributed by atoms with van der Waals surface area (Å²) in [6.45, 7) is 3.33. The lowest BCUT2D eigenvalue weighted by Crippen LogP contribution is -2.56. The lowest BCUT2D eigenvalue weighted by atomic mass is 9.66. The van der Waals surface area contributed by atoms with Crippen LogP contribution in [-0.2, 0) is 22.4 Å². The molecule has 2 fully saturated rings. The summed E-state index contributed by atoms with van der Waals surface area (Å²) in [5.41, 5.74) is 1.87. The van der Waals surface area contributed by atoms with E-state index in [1.54, 1.807) is 0 Å². The topological polar surface area (TPSA) is 88.1 Å². The second-order valence-electron chi connectivity index (χ2n) is 10.5. The first-order chi connectivity index (χ1) is 17.9. The van der Waals surface area contributed by atoms with Gasteiger partial charge in [-0.05, 0) is 63.5 Å². The number of carbonyl (C=O) groups is 2. The lowest BCUT2D eigenvalue weighted by Gasteiger charge is -2.52. The lowest BCUT2D eigenvalue weighted by molar-refractivity contribution is -0.135. The second-order valence-corrected chi connectivity index (χ2v) is 11.7. The van der Waals surface area contributed by atoms with Crippen LogP contribution in [0.3, 0.4) is 0 Å². The Hall–Kier alpha value is -2.42. The molecular weight excluding hydrogens is 488 g/mol. The van der Waals surface area contributed by atoms with E-state index in [0.717, 1.165) is 68.2 Å². The van der Waals surface area contributed by atoms with Crippen molar-refractivity contribution in [1.82, 2.24) is 4.90 Å². The molecule has 200 valence electrons. The molecule has 0 radical (unpaired) electrons. The maximum absolute atomic E-state index is 13.5. The van der Waals surface area contributed by atoms with Crippen molar-refractivity contribution in [3.63, 3.8) is 0 Å². The van der Waals surface area contributed by atoms with Gasteiger partial charge in [-0.1, -0.05) is 31.0 Å². The number of nitrogens with one attached hydrogen (secondary N) is 1. The van der Waals surface area contributed by atoms with E-state index in [-0.39, 0.29) is 30.4 Å². The summed E-state index contributed by atoms with van der Waals surface area (Å²) in [7, 11) is 1.39. The van der Waals surface area contributed by atoms with Crippen LogP contribution in [-0.4, -0.2) is 54.3 Å². The van der Waals surface area contributed by atoms with Gasteiger partial charge in [0.25, 0.3) is 0 Å². The number of fused-ring (bicyclic) bond motifs is 2. The minimum Gasteiger partial charge on any atom is -0.494 e. The zero-order valence-electron chi connectivity index (χ0n) is 21.9. The maximum atomic E-state index is 13.5. The van der Waals surface area contributed by atoms with Gasteiger partial charge >= 0.3 is 5.97 Å². The number of amides is 1. The Labute approximate surface area is 223 Å². The number of aryl methyl sites for hydroxylation is 1. The molecule has 1 aromatic carbocycles. The Kier molecular flexibility index (Phi) is 7.88. The quantitative estimate of drug-likeness (QED) is 0.487. The van der Waals surface area contributed by atoms with Crippen LogP contribution in [0.5, 0.6) is 5.75 Å². The van der Waals surface area contributed by atoms with E-state index in [0.29, 0.717) is 30.1 Å². The molecule has 3 aliphatic rings. The van der Waals surface area contributed by atoms with E-state index in [1.165, 1.54) is 23.3 Å². The molecule has 2 aromatic rings. The number of piperidine rings is 1. The van der Waals surface area contributed by atoms with Crippen molar-refractivity contribution in [3.8, 4) is 5.75 Å². The minimum atomic E-state index is -0.722. The third kappa shape index (κ3) is 5.16. The monoisotopic (exact) mass is 526 g/mol. The van der Waals surface area contributed by atoms with Gasteiger partial charge < -0.3 is 19.9 Å². The van der Waals surface area contributed by atoms with Crippen molar-refractivity contribution in [3.05, 3.63) is 45.8 Å². The van der Waals surface area contributed by atoms with Gasteiger partial charge in [-0.3, -0.25) is 9.69 Å². The molecule has 1 aliphatic heterocycles. The summed E-state index contributed by atoms with van der Waals surface area (Å²) in [5, 5.41) is 15.3. The molecule has 1 amide bonds. The fourth-order valence-electron chi connectivity index (χ4n) is 6.67. The van der Waals surface area contributed by atoms with Crippen molar-refractivity contribution >= 4 is 28.2 Å². The van der Waals surface area contributed by atoms with Gasteiger partial charge in [0.05, 0.1) is 31.4 Å². The summed E-state index contributed by atoms with van der Waals surface area (Å²) >= 11 is 1.51. The highest BCUT2D eigenvalue weighted by atomic mass is 32.1. The van der Waals surface area contributed by atoms with Gasteiger partial charge in [-0.2, -0.15) is 0 Å². The van der Waals surface area contributed by atoms with E-state index in [2.05, 4.69) is 16.3 Å². The predicted octanol–water partition coefficient (Wildman–Crippen LogP) is 5.12. The first kappa shape index (κ1) is 26.2. The molecule has 8 heteroatoms. The molecule has 7 nitrogen and oxygen atoms in total. The zero-order chi connectivity index (χ0) is 26.0. The van der Waals surface area contributed by atoms with Gasteiger partial charge in [-0.25, -0.2) is 4.79 Å². The molecule has 0 spiro atoms. The number of likely N-dealkylation sites (tertiary alicyclic amines) is 1. The van der Waals surface area contributed by atoms with Crippen molar-refractivity contribution in [1.29, 1.82) is 0 Å². The van der Waals surface area contributed by atoms with Crippen LogP contribution in [0, 0.1) is 5.92 Å². The molecule has 5 rings (SSSR count). The molecule has 37 heavy (non-hydrogen) atoms. The third-order valence-electron chi connectivity index (χ3n) is 8.37. The largest absolute Gasteiger partial charge is 0.494 e. The van der Waals surface area contributed by atoms with Crippen LogP contribution in [0.2, 0.25) is 0 Å². The van der Waals surface area contributed by atoms with E-state index >= 15 is 0 Å². The maximum Gasteiger partial charge on any atom is 0.341 e. The first-order valence-corrected chi connectivity index (χ1v) is 14.5. The summed E-state index contributed by atoms with van der Waals surface area (Å²) in [6, 6.07) is 7.90. The number of anilines is 1. The molecule has 1 saturated carbocycles. The van der Waals surface area contributed by atoms with Crippen LogP contribution in [0.1, 0.15) is 84.3 Å². The Bertz CT molecular complexity index is 1150. The number of hydrogen-bond donors (Lipinski definition) is 2. The number of hydrogen-bond acceptors (Lipinski definition) is 7. The molecular formula is C29H38N2O5S. The van der Waals surface area contributed by atoms with Gasteiger partial charge in [0.1, 0.15) is 10.8 Å². The summed E-state index contributed by atoms with van der Waals surface area (Å²) in [6.07, 6.45) is 8.39. The van der Waals surface area contributed by atoms with E-state index in [1.807, 2.05) is 25.1 Å². The number of methoxy groups -OCH3 is 1. The second kappa shape index (κ2) is 11.1. The van der Waals surface area contributed by atoms with Crippen molar-refractivity contribution in [2.24, 2.45) is 5.92 Å². The highest BCUT2D eigenvalue weighted by molar-refractivity contribution is 7.17. The van der Waals surface area contributed by atoms with Crippen LogP contribution in [0.15, 0.2) is 24.3 Å². The first-order valence-electron chi connectivity index (χ1n) is 13.7. The Morgan fingerprint density at radius 2 is 1.97 bits per heavy atom. The molecule has 0 unspecified atom stereocenters. The molecule has 1 saturated heterocycles. The van der Waals surface area contributed by atoms with Crippen molar-refractivity contribution in [2.45, 2.75) is 76.4 Å². The number of aliphatic hydroxyl groups is 1. The summed E-state index contributed by atoms with van der Waals surface area (Å²) in [4.78, 5) is 29.5. The molecule has 2 aliphatic carbocycles. The summed E-state index contributed by atoms with van der Waals surface area (Å²) < 4.78 is 11.1. The minimum absolute atomic E-state index is 0.0316. The van der Waals surface area contributed by atoms with Gasteiger partial charge in [-0.15, -0.1) is 11.3 Å². The molecule has 0 bridgehead atoms. The highest BCUT2D eigenvalue weighted by Gasteiger charge is 2.49. The fourth-order valence-corrected chi connectivity index (χ4v) is 7.96. The third-order valence-corrected chi connectivity index (χ3v) is 9.58. The normalized spacial score (nSPS) is 25.6. The number of nitrogens with zero attached hydrogens (tertiary/aromatic N) is 1. The number of carbonyl (C=O) groups excluding carboxylic acids is 2. The van der Waals surface area contributed by atoms with Gasteiger partial charge in [0.15, 0.2) is 0 Å². The molecule has 2 heterocycles. The Morgan fingerprint density at radius 1 is 1.16 bits per heavy atom.